The van der Waals surface area contributed by atoms with E-state index in [0.717, 1.165) is 25.9 Å². The molecule has 24 heavy (non-hydrogen) atoms. The van der Waals surface area contributed by atoms with Gasteiger partial charge >= 0.3 is 0 Å². The molecule has 3 aliphatic rings. The summed E-state index contributed by atoms with van der Waals surface area (Å²) in [5, 5.41) is 3.85. The summed E-state index contributed by atoms with van der Waals surface area (Å²) < 4.78 is 5.28. The SMILES string of the molecule is Cc1noc([C@H]2CCCN(C(=O)[C@H]3CC(=O)N(CC4CC4)C3)C2)n1. The fourth-order valence-electron chi connectivity index (χ4n) is 3.84. The van der Waals surface area contributed by atoms with Crippen LogP contribution in [0.1, 0.15) is 49.7 Å². The largest absolute Gasteiger partial charge is 0.342 e. The highest BCUT2D eigenvalue weighted by molar-refractivity contribution is 5.89. The Morgan fingerprint density at radius 2 is 2.12 bits per heavy atom. The van der Waals surface area contributed by atoms with E-state index >= 15 is 0 Å². The average molecular weight is 332 g/mol. The van der Waals surface area contributed by atoms with Crippen molar-refractivity contribution in [3.8, 4) is 0 Å². The van der Waals surface area contributed by atoms with Crippen LogP contribution in [0.25, 0.3) is 0 Å². The standard InChI is InChI=1S/C17H24N4O3/c1-11-18-16(24-19-11)13-3-2-6-20(9-13)17(23)14-7-15(22)21(10-14)8-12-4-5-12/h12-14H,2-10H2,1H3/t13-,14-/m0/s1. The molecule has 2 atom stereocenters. The predicted octanol–water partition coefficient (Wildman–Crippen LogP) is 1.34. The van der Waals surface area contributed by atoms with E-state index in [1.54, 1.807) is 6.92 Å². The minimum Gasteiger partial charge on any atom is -0.342 e. The zero-order chi connectivity index (χ0) is 16.7. The van der Waals surface area contributed by atoms with Gasteiger partial charge in [-0.25, -0.2) is 0 Å². The maximum absolute atomic E-state index is 12.9. The lowest BCUT2D eigenvalue weighted by Gasteiger charge is -2.32. The van der Waals surface area contributed by atoms with Gasteiger partial charge in [-0.3, -0.25) is 9.59 Å². The van der Waals surface area contributed by atoms with Gasteiger partial charge in [-0.15, -0.1) is 0 Å². The van der Waals surface area contributed by atoms with E-state index in [1.165, 1.54) is 12.8 Å². The molecule has 2 amide bonds. The molecule has 7 heteroatoms. The van der Waals surface area contributed by atoms with E-state index in [1.807, 2.05) is 9.80 Å². The first-order chi connectivity index (χ1) is 11.6. The molecule has 0 N–H and O–H groups in total. The highest BCUT2D eigenvalue weighted by atomic mass is 16.5. The zero-order valence-corrected chi connectivity index (χ0v) is 14.1. The Kier molecular flexibility index (Phi) is 4.02. The number of nitrogens with zero attached hydrogens (tertiary/aromatic N) is 4. The summed E-state index contributed by atoms with van der Waals surface area (Å²) in [7, 11) is 0. The normalized spacial score (nSPS) is 27.8. The number of hydrogen-bond donors (Lipinski definition) is 0. The Hall–Kier alpha value is -1.92. The highest BCUT2D eigenvalue weighted by Gasteiger charge is 2.40. The van der Waals surface area contributed by atoms with E-state index < -0.39 is 0 Å². The van der Waals surface area contributed by atoms with Gasteiger partial charge in [0.1, 0.15) is 0 Å². The topological polar surface area (TPSA) is 79.5 Å². The molecule has 0 aromatic carbocycles. The third-order valence-corrected chi connectivity index (χ3v) is 5.36. The van der Waals surface area contributed by atoms with Crippen molar-refractivity contribution < 1.29 is 14.1 Å². The van der Waals surface area contributed by atoms with Crippen molar-refractivity contribution in [2.45, 2.75) is 44.9 Å². The maximum atomic E-state index is 12.9. The predicted molar refractivity (Wildman–Crippen MR) is 85.0 cm³/mol. The van der Waals surface area contributed by atoms with Gasteiger partial charge in [0.2, 0.25) is 17.7 Å². The maximum Gasteiger partial charge on any atom is 0.231 e. The Balaban J connectivity index is 1.38. The van der Waals surface area contributed by atoms with Gasteiger partial charge < -0.3 is 14.3 Å². The highest BCUT2D eigenvalue weighted by Crippen LogP contribution is 2.33. The number of hydrogen-bond acceptors (Lipinski definition) is 5. The van der Waals surface area contributed by atoms with Gasteiger partial charge in [0.15, 0.2) is 5.82 Å². The molecule has 1 aromatic rings. The van der Waals surface area contributed by atoms with Crippen LogP contribution in [-0.2, 0) is 9.59 Å². The van der Waals surface area contributed by atoms with Crippen LogP contribution in [-0.4, -0.2) is 57.9 Å². The van der Waals surface area contributed by atoms with E-state index in [0.29, 0.717) is 37.1 Å². The van der Waals surface area contributed by atoms with Crippen molar-refractivity contribution in [3.05, 3.63) is 11.7 Å². The third-order valence-electron chi connectivity index (χ3n) is 5.36. The van der Waals surface area contributed by atoms with Crippen LogP contribution in [0.15, 0.2) is 4.52 Å². The van der Waals surface area contributed by atoms with Crippen LogP contribution in [0, 0.1) is 18.8 Å². The van der Waals surface area contributed by atoms with E-state index in [2.05, 4.69) is 10.1 Å². The lowest BCUT2D eigenvalue weighted by molar-refractivity contribution is -0.137. The molecule has 4 rings (SSSR count). The Morgan fingerprint density at radius 1 is 1.29 bits per heavy atom. The minimum atomic E-state index is -0.181. The lowest BCUT2D eigenvalue weighted by atomic mass is 9.96. The first kappa shape index (κ1) is 15.6. The summed E-state index contributed by atoms with van der Waals surface area (Å²) >= 11 is 0. The Bertz CT molecular complexity index is 640. The van der Waals surface area contributed by atoms with Gasteiger partial charge in [0, 0.05) is 32.6 Å². The van der Waals surface area contributed by atoms with Gasteiger partial charge in [0.05, 0.1) is 11.8 Å². The molecule has 7 nitrogen and oxygen atoms in total. The number of rotatable bonds is 4. The second kappa shape index (κ2) is 6.18. The molecule has 0 spiro atoms. The molecular formula is C17H24N4O3. The Morgan fingerprint density at radius 3 is 2.83 bits per heavy atom. The lowest BCUT2D eigenvalue weighted by Crippen LogP contribution is -2.43. The number of likely N-dealkylation sites (tertiary alicyclic amines) is 2. The molecule has 3 fully saturated rings. The summed E-state index contributed by atoms with van der Waals surface area (Å²) in [5.74, 6) is 2.11. The summed E-state index contributed by atoms with van der Waals surface area (Å²) in [5.41, 5.74) is 0. The molecule has 2 aliphatic heterocycles. The Labute approximate surface area is 141 Å². The summed E-state index contributed by atoms with van der Waals surface area (Å²) in [4.78, 5) is 33.1. The van der Waals surface area contributed by atoms with E-state index in [4.69, 9.17) is 4.52 Å². The van der Waals surface area contributed by atoms with Gasteiger partial charge in [-0.2, -0.15) is 4.98 Å². The first-order valence-electron chi connectivity index (χ1n) is 8.97. The van der Waals surface area contributed by atoms with Crippen molar-refractivity contribution in [2.75, 3.05) is 26.2 Å². The van der Waals surface area contributed by atoms with Gasteiger partial charge in [0.25, 0.3) is 0 Å². The molecule has 1 aliphatic carbocycles. The summed E-state index contributed by atoms with van der Waals surface area (Å²) in [6, 6.07) is 0. The monoisotopic (exact) mass is 332 g/mol. The van der Waals surface area contributed by atoms with Crippen molar-refractivity contribution in [2.24, 2.45) is 11.8 Å². The van der Waals surface area contributed by atoms with E-state index in [-0.39, 0.29) is 23.7 Å². The molecule has 1 aromatic heterocycles. The molecule has 0 unspecified atom stereocenters. The number of carbonyl (C=O) groups excluding carboxylic acids is 2. The number of piperidine rings is 1. The fourth-order valence-corrected chi connectivity index (χ4v) is 3.84. The van der Waals surface area contributed by atoms with Crippen LogP contribution < -0.4 is 0 Å². The second-order valence-corrected chi connectivity index (χ2v) is 7.45. The quantitative estimate of drug-likeness (QED) is 0.831. The van der Waals surface area contributed by atoms with Crippen molar-refractivity contribution in [3.63, 3.8) is 0 Å². The number of aromatic nitrogens is 2. The summed E-state index contributed by atoms with van der Waals surface area (Å²) in [6.45, 7) is 4.61. The second-order valence-electron chi connectivity index (χ2n) is 7.45. The van der Waals surface area contributed by atoms with Gasteiger partial charge in [-0.05, 0) is 38.5 Å². The number of carbonyl (C=O) groups is 2. The van der Waals surface area contributed by atoms with Gasteiger partial charge in [-0.1, -0.05) is 5.16 Å². The van der Waals surface area contributed by atoms with Crippen LogP contribution >= 0.6 is 0 Å². The summed E-state index contributed by atoms with van der Waals surface area (Å²) in [6.07, 6.45) is 4.71. The van der Waals surface area contributed by atoms with Crippen LogP contribution in [0.2, 0.25) is 0 Å². The van der Waals surface area contributed by atoms with Crippen molar-refractivity contribution >= 4 is 11.8 Å². The van der Waals surface area contributed by atoms with Crippen LogP contribution in [0.5, 0.6) is 0 Å². The fraction of sp³-hybridized carbons (Fsp3) is 0.765. The van der Waals surface area contributed by atoms with Crippen molar-refractivity contribution in [1.29, 1.82) is 0 Å². The molecule has 1 saturated carbocycles. The minimum absolute atomic E-state index is 0.114. The van der Waals surface area contributed by atoms with Crippen LogP contribution in [0.4, 0.5) is 0 Å². The number of aryl methyl sites for hydroxylation is 1. The molecular weight excluding hydrogens is 308 g/mol. The molecule has 0 bridgehead atoms. The average Bonchev–Trinajstić information content (AvgIpc) is 3.18. The third kappa shape index (κ3) is 3.16. The molecule has 2 saturated heterocycles. The number of amides is 2. The zero-order valence-electron chi connectivity index (χ0n) is 14.1. The first-order valence-corrected chi connectivity index (χ1v) is 8.97. The van der Waals surface area contributed by atoms with E-state index in [9.17, 15) is 9.59 Å². The smallest absolute Gasteiger partial charge is 0.231 e. The van der Waals surface area contributed by atoms with Crippen LogP contribution in [0.3, 0.4) is 0 Å². The molecule has 0 radical (unpaired) electrons. The molecule has 3 heterocycles. The van der Waals surface area contributed by atoms with Crippen molar-refractivity contribution in [1.82, 2.24) is 19.9 Å². The molecule has 130 valence electrons.